The Morgan fingerprint density at radius 1 is 1.04 bits per heavy atom. The highest BCUT2D eigenvalue weighted by Gasteiger charge is 2.25. The SMILES string of the molecule is O=C(Cc1cccc(C(=O)O)c1)Nc1ccccc1C(=O)NC1CC1. The lowest BCUT2D eigenvalue weighted by Gasteiger charge is -2.11. The van der Waals surface area contributed by atoms with Crippen LogP contribution >= 0.6 is 0 Å². The minimum atomic E-state index is -1.04. The zero-order chi connectivity index (χ0) is 17.8. The average molecular weight is 338 g/mol. The Balaban J connectivity index is 1.69. The van der Waals surface area contributed by atoms with Crippen LogP contribution in [-0.4, -0.2) is 28.9 Å². The summed E-state index contributed by atoms with van der Waals surface area (Å²) in [7, 11) is 0. The molecular weight excluding hydrogens is 320 g/mol. The predicted octanol–water partition coefficient (Wildman–Crippen LogP) is 2.46. The van der Waals surface area contributed by atoms with E-state index in [1.807, 2.05) is 0 Å². The number of hydrogen-bond donors (Lipinski definition) is 3. The Morgan fingerprint density at radius 3 is 2.52 bits per heavy atom. The molecular formula is C19H18N2O4. The molecule has 2 amide bonds. The van der Waals surface area contributed by atoms with Crippen LogP contribution in [0.4, 0.5) is 5.69 Å². The van der Waals surface area contributed by atoms with Gasteiger partial charge < -0.3 is 15.7 Å². The molecule has 6 heteroatoms. The normalized spacial score (nSPS) is 13.1. The molecule has 1 aliphatic carbocycles. The van der Waals surface area contributed by atoms with Crippen molar-refractivity contribution in [3.8, 4) is 0 Å². The number of para-hydroxylation sites is 1. The topological polar surface area (TPSA) is 95.5 Å². The van der Waals surface area contributed by atoms with Gasteiger partial charge in [-0.05, 0) is 42.7 Å². The zero-order valence-corrected chi connectivity index (χ0v) is 13.5. The molecule has 0 radical (unpaired) electrons. The van der Waals surface area contributed by atoms with Gasteiger partial charge in [0.2, 0.25) is 5.91 Å². The summed E-state index contributed by atoms with van der Waals surface area (Å²) in [5.74, 6) is -1.55. The Hall–Kier alpha value is -3.15. The van der Waals surface area contributed by atoms with Crippen LogP contribution in [0.2, 0.25) is 0 Å². The molecule has 6 nitrogen and oxygen atoms in total. The van der Waals surface area contributed by atoms with Crippen molar-refractivity contribution in [2.45, 2.75) is 25.3 Å². The molecule has 2 aromatic rings. The third-order valence-electron chi connectivity index (χ3n) is 3.90. The van der Waals surface area contributed by atoms with E-state index in [0.717, 1.165) is 12.8 Å². The fourth-order valence-corrected chi connectivity index (χ4v) is 2.48. The van der Waals surface area contributed by atoms with Gasteiger partial charge in [0, 0.05) is 6.04 Å². The summed E-state index contributed by atoms with van der Waals surface area (Å²) in [4.78, 5) is 35.5. The van der Waals surface area contributed by atoms with E-state index in [1.54, 1.807) is 36.4 Å². The van der Waals surface area contributed by atoms with Crippen LogP contribution < -0.4 is 10.6 Å². The van der Waals surface area contributed by atoms with Gasteiger partial charge in [-0.2, -0.15) is 0 Å². The van der Waals surface area contributed by atoms with Crippen LogP contribution in [0.5, 0.6) is 0 Å². The van der Waals surface area contributed by atoms with Crippen molar-refractivity contribution in [2.24, 2.45) is 0 Å². The van der Waals surface area contributed by atoms with Crippen molar-refractivity contribution < 1.29 is 19.5 Å². The van der Waals surface area contributed by atoms with Crippen molar-refractivity contribution in [1.82, 2.24) is 5.32 Å². The first-order valence-electron chi connectivity index (χ1n) is 8.05. The average Bonchev–Trinajstić information content (AvgIpc) is 3.39. The van der Waals surface area contributed by atoms with E-state index in [4.69, 9.17) is 5.11 Å². The number of benzene rings is 2. The summed E-state index contributed by atoms with van der Waals surface area (Å²) < 4.78 is 0. The van der Waals surface area contributed by atoms with Crippen LogP contribution in [-0.2, 0) is 11.2 Å². The number of aromatic carboxylic acids is 1. The van der Waals surface area contributed by atoms with Gasteiger partial charge in [-0.3, -0.25) is 9.59 Å². The van der Waals surface area contributed by atoms with Gasteiger partial charge in [-0.15, -0.1) is 0 Å². The minimum absolute atomic E-state index is 0.0275. The van der Waals surface area contributed by atoms with Crippen LogP contribution in [0.1, 0.15) is 39.1 Å². The number of hydrogen-bond acceptors (Lipinski definition) is 3. The highest BCUT2D eigenvalue weighted by atomic mass is 16.4. The standard InChI is InChI=1S/C19H18N2O4/c22-17(11-12-4-3-5-13(10-12)19(24)25)21-16-7-2-1-6-15(16)18(23)20-14-8-9-14/h1-7,10,14H,8-9,11H2,(H,20,23)(H,21,22)(H,24,25). The predicted molar refractivity (Wildman–Crippen MR) is 92.7 cm³/mol. The Labute approximate surface area is 144 Å². The van der Waals surface area contributed by atoms with Crippen LogP contribution in [0, 0.1) is 0 Å². The summed E-state index contributed by atoms with van der Waals surface area (Å²) in [5, 5.41) is 14.6. The lowest BCUT2D eigenvalue weighted by atomic mass is 10.1. The van der Waals surface area contributed by atoms with Crippen LogP contribution in [0.3, 0.4) is 0 Å². The summed E-state index contributed by atoms with van der Waals surface area (Å²) in [6.45, 7) is 0. The molecule has 0 bridgehead atoms. The Kier molecular flexibility index (Phi) is 4.79. The number of carbonyl (C=O) groups is 3. The maximum absolute atomic E-state index is 12.3. The van der Waals surface area contributed by atoms with Crippen molar-refractivity contribution in [1.29, 1.82) is 0 Å². The van der Waals surface area contributed by atoms with Gasteiger partial charge in [0.15, 0.2) is 0 Å². The quantitative estimate of drug-likeness (QED) is 0.754. The van der Waals surface area contributed by atoms with Crippen molar-refractivity contribution in [3.63, 3.8) is 0 Å². The lowest BCUT2D eigenvalue weighted by molar-refractivity contribution is -0.115. The molecule has 1 aliphatic rings. The highest BCUT2D eigenvalue weighted by Crippen LogP contribution is 2.21. The fraction of sp³-hybridized carbons (Fsp3) is 0.211. The molecule has 3 rings (SSSR count). The molecule has 0 unspecified atom stereocenters. The largest absolute Gasteiger partial charge is 0.478 e. The first-order valence-corrected chi connectivity index (χ1v) is 8.05. The molecule has 3 N–H and O–H groups in total. The molecule has 1 saturated carbocycles. The second kappa shape index (κ2) is 7.17. The van der Waals surface area contributed by atoms with Gasteiger partial charge in [0.25, 0.3) is 5.91 Å². The molecule has 0 spiro atoms. The lowest BCUT2D eigenvalue weighted by Crippen LogP contribution is -2.27. The van der Waals surface area contributed by atoms with Gasteiger partial charge in [0.05, 0.1) is 23.2 Å². The maximum Gasteiger partial charge on any atom is 0.335 e. The number of carbonyl (C=O) groups excluding carboxylic acids is 2. The van der Waals surface area contributed by atoms with E-state index in [1.165, 1.54) is 12.1 Å². The summed E-state index contributed by atoms with van der Waals surface area (Å²) >= 11 is 0. The molecule has 0 saturated heterocycles. The van der Waals surface area contributed by atoms with Gasteiger partial charge in [-0.1, -0.05) is 24.3 Å². The van der Waals surface area contributed by atoms with E-state index in [0.29, 0.717) is 16.8 Å². The first-order chi connectivity index (χ1) is 12.0. The van der Waals surface area contributed by atoms with E-state index >= 15 is 0 Å². The smallest absolute Gasteiger partial charge is 0.335 e. The summed E-state index contributed by atoms with van der Waals surface area (Å²) in [6, 6.07) is 13.3. The second-order valence-corrected chi connectivity index (χ2v) is 6.02. The third kappa shape index (κ3) is 4.44. The molecule has 128 valence electrons. The second-order valence-electron chi connectivity index (χ2n) is 6.02. The number of nitrogens with one attached hydrogen (secondary N) is 2. The number of carboxylic acids is 1. The zero-order valence-electron chi connectivity index (χ0n) is 13.5. The van der Waals surface area contributed by atoms with Crippen molar-refractivity contribution in [3.05, 3.63) is 65.2 Å². The number of carboxylic acid groups (broad SMARTS) is 1. The van der Waals surface area contributed by atoms with E-state index in [9.17, 15) is 14.4 Å². The van der Waals surface area contributed by atoms with Crippen LogP contribution in [0.15, 0.2) is 48.5 Å². The number of amides is 2. The van der Waals surface area contributed by atoms with Crippen molar-refractivity contribution >= 4 is 23.5 Å². The molecule has 2 aromatic carbocycles. The Morgan fingerprint density at radius 2 is 1.80 bits per heavy atom. The van der Waals surface area contributed by atoms with Gasteiger partial charge in [-0.25, -0.2) is 4.79 Å². The molecule has 0 atom stereocenters. The molecule has 0 aliphatic heterocycles. The van der Waals surface area contributed by atoms with Crippen molar-refractivity contribution in [2.75, 3.05) is 5.32 Å². The molecule has 1 fully saturated rings. The molecule has 25 heavy (non-hydrogen) atoms. The van der Waals surface area contributed by atoms with E-state index < -0.39 is 5.97 Å². The Bertz CT molecular complexity index is 828. The highest BCUT2D eigenvalue weighted by molar-refractivity contribution is 6.04. The van der Waals surface area contributed by atoms with Gasteiger partial charge >= 0.3 is 5.97 Å². The van der Waals surface area contributed by atoms with E-state index in [-0.39, 0.29) is 29.8 Å². The maximum atomic E-state index is 12.3. The molecule has 0 heterocycles. The summed E-state index contributed by atoms with van der Waals surface area (Å²) in [5.41, 5.74) is 1.59. The number of anilines is 1. The minimum Gasteiger partial charge on any atom is -0.478 e. The van der Waals surface area contributed by atoms with E-state index in [2.05, 4.69) is 10.6 Å². The fourth-order valence-electron chi connectivity index (χ4n) is 2.48. The third-order valence-corrected chi connectivity index (χ3v) is 3.90. The first kappa shape index (κ1) is 16.7. The molecule has 0 aromatic heterocycles. The van der Waals surface area contributed by atoms with Crippen LogP contribution in [0.25, 0.3) is 0 Å². The number of rotatable bonds is 6. The monoisotopic (exact) mass is 338 g/mol. The summed E-state index contributed by atoms with van der Waals surface area (Å²) in [6.07, 6.45) is 2.00. The van der Waals surface area contributed by atoms with Gasteiger partial charge in [0.1, 0.15) is 0 Å².